The van der Waals surface area contributed by atoms with E-state index >= 15 is 0 Å². The van der Waals surface area contributed by atoms with Crippen molar-refractivity contribution < 1.29 is 32.3 Å². The average Bonchev–Trinajstić information content (AvgIpc) is 3.19. The van der Waals surface area contributed by atoms with E-state index in [1.54, 1.807) is 18.2 Å². The lowest BCUT2D eigenvalue weighted by atomic mass is 10.1. The minimum atomic E-state index is -0.681. The minimum absolute atomic E-state index is 0.0132. The number of benzene rings is 2. The minimum Gasteiger partial charge on any atom is -0.494 e. The highest BCUT2D eigenvalue weighted by atomic mass is 19.1. The maximum absolute atomic E-state index is 13.8. The number of esters is 1. The zero-order chi connectivity index (χ0) is 20.8. The van der Waals surface area contributed by atoms with E-state index in [-0.39, 0.29) is 41.4 Å². The van der Waals surface area contributed by atoms with Gasteiger partial charge in [0.15, 0.2) is 35.6 Å². The van der Waals surface area contributed by atoms with E-state index in [9.17, 15) is 18.4 Å². The maximum Gasteiger partial charge on any atom is 0.306 e. The van der Waals surface area contributed by atoms with E-state index in [0.29, 0.717) is 0 Å². The van der Waals surface area contributed by atoms with Gasteiger partial charge in [0.1, 0.15) is 5.82 Å². The summed E-state index contributed by atoms with van der Waals surface area (Å²) in [5.74, 6) is -1.80. The van der Waals surface area contributed by atoms with Crippen molar-refractivity contribution in [2.24, 2.45) is 0 Å². The molecule has 1 heterocycles. The number of aryl methyl sites for hydroxylation is 1. The Morgan fingerprint density at radius 1 is 1.10 bits per heavy atom. The Balaban J connectivity index is 1.50. The molecule has 0 amide bonds. The van der Waals surface area contributed by atoms with Crippen LogP contribution >= 0.6 is 0 Å². The fraction of sp³-hybridized carbons (Fsp3) is 0.190. The Hall–Kier alpha value is -3.55. The van der Waals surface area contributed by atoms with Gasteiger partial charge in [0.05, 0.1) is 25.3 Å². The third kappa shape index (κ3) is 5.04. The van der Waals surface area contributed by atoms with E-state index in [1.165, 1.54) is 31.5 Å². The molecule has 0 fully saturated rings. The van der Waals surface area contributed by atoms with Crippen molar-refractivity contribution in [3.05, 3.63) is 71.8 Å². The Morgan fingerprint density at radius 3 is 2.62 bits per heavy atom. The SMILES string of the molecule is COc1ccc(C(=O)COC(=O)CCc2ncc(-c3ccccc3F)o2)cc1F. The van der Waals surface area contributed by atoms with Gasteiger partial charge in [-0.25, -0.2) is 13.8 Å². The van der Waals surface area contributed by atoms with Crippen LogP contribution in [0.25, 0.3) is 11.3 Å². The molecule has 0 aliphatic heterocycles. The van der Waals surface area contributed by atoms with Crippen LogP contribution < -0.4 is 4.74 Å². The topological polar surface area (TPSA) is 78.6 Å². The van der Waals surface area contributed by atoms with Crippen LogP contribution in [0, 0.1) is 11.6 Å². The molecule has 3 aromatic rings. The van der Waals surface area contributed by atoms with Crippen LogP contribution in [0.3, 0.4) is 0 Å². The number of hydrogen-bond donors (Lipinski definition) is 0. The number of ether oxygens (including phenoxy) is 2. The van der Waals surface area contributed by atoms with Crippen LogP contribution in [0.1, 0.15) is 22.7 Å². The number of aromatic nitrogens is 1. The molecule has 0 aliphatic carbocycles. The molecule has 0 atom stereocenters. The van der Waals surface area contributed by atoms with Crippen LogP contribution in [-0.2, 0) is 16.0 Å². The maximum atomic E-state index is 13.8. The molecule has 0 aliphatic rings. The molecular weight excluding hydrogens is 384 g/mol. The third-order valence-corrected chi connectivity index (χ3v) is 4.07. The van der Waals surface area contributed by atoms with Crippen molar-refractivity contribution in [1.82, 2.24) is 4.98 Å². The Labute approximate surface area is 165 Å². The molecule has 150 valence electrons. The lowest BCUT2D eigenvalue weighted by Crippen LogP contribution is -2.14. The molecule has 1 aromatic heterocycles. The van der Waals surface area contributed by atoms with E-state index in [0.717, 1.165) is 6.07 Å². The van der Waals surface area contributed by atoms with Crippen LogP contribution in [0.5, 0.6) is 5.75 Å². The summed E-state index contributed by atoms with van der Waals surface area (Å²) in [6, 6.07) is 9.82. The zero-order valence-electron chi connectivity index (χ0n) is 15.5. The zero-order valence-corrected chi connectivity index (χ0v) is 15.5. The van der Waals surface area contributed by atoms with Crippen molar-refractivity contribution in [2.75, 3.05) is 13.7 Å². The summed E-state index contributed by atoms with van der Waals surface area (Å²) in [6.07, 6.45) is 1.42. The van der Waals surface area contributed by atoms with Crippen LogP contribution in [-0.4, -0.2) is 30.5 Å². The molecule has 0 unspecified atom stereocenters. The summed E-state index contributed by atoms with van der Waals surface area (Å²) >= 11 is 0. The first-order chi connectivity index (χ1) is 14.0. The van der Waals surface area contributed by atoms with E-state index < -0.39 is 30.0 Å². The average molecular weight is 401 g/mol. The van der Waals surface area contributed by atoms with Gasteiger partial charge in [-0.2, -0.15) is 0 Å². The molecule has 3 rings (SSSR count). The molecule has 2 aromatic carbocycles. The fourth-order valence-corrected chi connectivity index (χ4v) is 2.56. The monoisotopic (exact) mass is 401 g/mol. The van der Waals surface area contributed by atoms with Gasteiger partial charge >= 0.3 is 5.97 Å². The number of hydrogen-bond acceptors (Lipinski definition) is 6. The lowest BCUT2D eigenvalue weighted by Gasteiger charge is -2.06. The molecule has 0 N–H and O–H groups in total. The number of oxazole rings is 1. The second-order valence-corrected chi connectivity index (χ2v) is 6.03. The number of ketones is 1. The predicted molar refractivity (Wildman–Crippen MR) is 98.5 cm³/mol. The number of Topliss-reactive ketones (excluding diaryl/α,β-unsaturated/α-hetero) is 1. The number of methoxy groups -OCH3 is 1. The van der Waals surface area contributed by atoms with Gasteiger partial charge in [0.25, 0.3) is 0 Å². The first kappa shape index (κ1) is 20.2. The molecule has 0 saturated carbocycles. The summed E-state index contributed by atoms with van der Waals surface area (Å²) < 4.78 is 42.5. The number of nitrogens with zero attached hydrogens (tertiary/aromatic N) is 1. The number of rotatable bonds is 8. The van der Waals surface area contributed by atoms with Crippen molar-refractivity contribution in [3.8, 4) is 17.1 Å². The number of halogens is 2. The van der Waals surface area contributed by atoms with Gasteiger partial charge in [-0.1, -0.05) is 12.1 Å². The molecular formula is C21H17F2NO5. The van der Waals surface area contributed by atoms with Crippen LogP contribution in [0.15, 0.2) is 53.1 Å². The van der Waals surface area contributed by atoms with E-state index in [4.69, 9.17) is 13.9 Å². The quantitative estimate of drug-likeness (QED) is 0.420. The smallest absolute Gasteiger partial charge is 0.306 e. The largest absolute Gasteiger partial charge is 0.494 e. The van der Waals surface area contributed by atoms with E-state index in [2.05, 4.69) is 4.98 Å². The Kier molecular flexibility index (Phi) is 6.33. The summed E-state index contributed by atoms with van der Waals surface area (Å²) in [6.45, 7) is -0.517. The van der Waals surface area contributed by atoms with Gasteiger partial charge in [-0.3, -0.25) is 9.59 Å². The summed E-state index contributed by atoms with van der Waals surface area (Å²) in [5.41, 5.74) is 0.337. The van der Waals surface area contributed by atoms with Gasteiger partial charge in [-0.15, -0.1) is 0 Å². The van der Waals surface area contributed by atoms with Gasteiger partial charge < -0.3 is 13.9 Å². The molecule has 0 saturated heterocycles. The second-order valence-electron chi connectivity index (χ2n) is 6.03. The highest BCUT2D eigenvalue weighted by Gasteiger charge is 2.15. The summed E-state index contributed by atoms with van der Waals surface area (Å²) in [7, 11) is 1.31. The molecule has 0 radical (unpaired) electrons. The molecule has 29 heavy (non-hydrogen) atoms. The number of carbonyl (C=O) groups is 2. The van der Waals surface area contributed by atoms with Crippen LogP contribution in [0.2, 0.25) is 0 Å². The van der Waals surface area contributed by atoms with Crippen molar-refractivity contribution in [3.63, 3.8) is 0 Å². The Bertz CT molecular complexity index is 1030. The van der Waals surface area contributed by atoms with E-state index in [1.807, 2.05) is 0 Å². The normalized spacial score (nSPS) is 10.6. The first-order valence-corrected chi connectivity index (χ1v) is 8.70. The van der Waals surface area contributed by atoms with Crippen molar-refractivity contribution in [2.45, 2.75) is 12.8 Å². The van der Waals surface area contributed by atoms with Crippen molar-refractivity contribution in [1.29, 1.82) is 0 Å². The highest BCUT2D eigenvalue weighted by Crippen LogP contribution is 2.23. The molecule has 6 nitrogen and oxygen atoms in total. The number of carbonyl (C=O) groups excluding carboxylic acids is 2. The summed E-state index contributed by atoms with van der Waals surface area (Å²) in [4.78, 5) is 27.9. The molecule has 8 heteroatoms. The molecule has 0 spiro atoms. The lowest BCUT2D eigenvalue weighted by molar-refractivity contribution is -0.142. The van der Waals surface area contributed by atoms with Crippen molar-refractivity contribution >= 4 is 11.8 Å². The second kappa shape index (κ2) is 9.09. The standard InChI is InChI=1S/C21H17F2NO5/c1-27-18-7-6-13(10-16(18)23)17(25)12-28-21(26)9-8-20-24-11-19(29-20)14-4-2-3-5-15(14)22/h2-7,10-11H,8-9,12H2,1H3. The van der Waals surface area contributed by atoms with Gasteiger partial charge in [0.2, 0.25) is 0 Å². The van der Waals surface area contributed by atoms with Gasteiger partial charge in [-0.05, 0) is 30.3 Å². The molecule has 0 bridgehead atoms. The summed E-state index contributed by atoms with van der Waals surface area (Å²) in [5, 5.41) is 0. The highest BCUT2D eigenvalue weighted by molar-refractivity contribution is 5.98. The fourth-order valence-electron chi connectivity index (χ4n) is 2.56. The first-order valence-electron chi connectivity index (χ1n) is 8.70. The third-order valence-electron chi connectivity index (χ3n) is 4.07. The Morgan fingerprint density at radius 2 is 1.90 bits per heavy atom. The predicted octanol–water partition coefficient (Wildman–Crippen LogP) is 3.99. The van der Waals surface area contributed by atoms with Crippen LogP contribution in [0.4, 0.5) is 8.78 Å². The van der Waals surface area contributed by atoms with Gasteiger partial charge in [0, 0.05) is 12.0 Å².